The van der Waals surface area contributed by atoms with Gasteiger partial charge >= 0.3 is 12.4 Å². The van der Waals surface area contributed by atoms with Crippen molar-refractivity contribution in [1.82, 2.24) is 0 Å². The topological polar surface area (TPSA) is 37.3 Å². The number of carbonyl (C=O) groups excluding carboxylic acids is 1. The van der Waals surface area contributed by atoms with E-state index in [2.05, 4.69) is 0 Å². The molecule has 3 aliphatic rings. The van der Waals surface area contributed by atoms with Crippen LogP contribution >= 0.6 is 0 Å². The van der Waals surface area contributed by atoms with Crippen LogP contribution in [0.3, 0.4) is 0 Å². The standard InChI is InChI=1S/C19H22F6O2/c1-15-7-2-4-13(26)12(15)5-6-14(15)16(10-11-16)8-3-9-17(27,18(20,21)22)19(23,24)25/h3,6,8,12,27H,2,4-5,7,9-11H2,1H3/b8-3+/t12-,15+/m0/s1. The van der Waals surface area contributed by atoms with Crippen LogP contribution in [0, 0.1) is 16.7 Å². The summed E-state index contributed by atoms with van der Waals surface area (Å²) < 4.78 is 76.9. The maximum Gasteiger partial charge on any atom is 0.426 e. The van der Waals surface area contributed by atoms with Gasteiger partial charge < -0.3 is 5.11 Å². The molecule has 0 spiro atoms. The van der Waals surface area contributed by atoms with Crippen molar-refractivity contribution in [3.05, 3.63) is 23.8 Å². The highest BCUT2D eigenvalue weighted by Gasteiger charge is 2.69. The van der Waals surface area contributed by atoms with Crippen molar-refractivity contribution < 1.29 is 36.2 Å². The summed E-state index contributed by atoms with van der Waals surface area (Å²) in [4.78, 5) is 12.2. The minimum absolute atomic E-state index is 0.144. The second-order valence-corrected chi connectivity index (χ2v) is 8.26. The van der Waals surface area contributed by atoms with E-state index in [0.29, 0.717) is 25.7 Å². The van der Waals surface area contributed by atoms with Crippen LogP contribution in [0.4, 0.5) is 26.3 Å². The van der Waals surface area contributed by atoms with E-state index in [1.807, 2.05) is 13.0 Å². The molecule has 8 heteroatoms. The molecular weight excluding hydrogens is 374 g/mol. The smallest absolute Gasteiger partial charge is 0.373 e. The lowest BCUT2D eigenvalue weighted by atomic mass is 9.63. The van der Waals surface area contributed by atoms with Crippen LogP contribution in [0.2, 0.25) is 0 Å². The van der Waals surface area contributed by atoms with E-state index in [9.17, 15) is 36.2 Å². The van der Waals surface area contributed by atoms with Crippen molar-refractivity contribution in [3.8, 4) is 0 Å². The highest BCUT2D eigenvalue weighted by atomic mass is 19.4. The summed E-state index contributed by atoms with van der Waals surface area (Å²) in [5, 5.41) is 9.28. The number of halogens is 6. The molecule has 0 aromatic rings. The van der Waals surface area contributed by atoms with Gasteiger partial charge in [-0.25, -0.2) is 0 Å². The lowest BCUT2D eigenvalue weighted by molar-refractivity contribution is -0.366. The first kappa shape index (κ1) is 20.4. The minimum atomic E-state index is -5.81. The molecule has 2 atom stereocenters. The Bertz CT molecular complexity index is 669. The lowest BCUT2D eigenvalue weighted by Crippen LogP contribution is -2.56. The number of Topliss-reactive ketones (excluding diaryl/α,β-unsaturated/α-hetero) is 1. The third kappa shape index (κ3) is 3.13. The number of allylic oxidation sites excluding steroid dienone is 3. The van der Waals surface area contributed by atoms with Gasteiger partial charge in [-0.2, -0.15) is 26.3 Å². The highest BCUT2D eigenvalue weighted by molar-refractivity contribution is 5.84. The van der Waals surface area contributed by atoms with Gasteiger partial charge in [0.25, 0.3) is 5.60 Å². The molecule has 1 N–H and O–H groups in total. The number of hydrogen-bond donors (Lipinski definition) is 1. The zero-order chi connectivity index (χ0) is 20.3. The molecule has 0 aromatic carbocycles. The van der Waals surface area contributed by atoms with Gasteiger partial charge in [0.05, 0.1) is 0 Å². The summed E-state index contributed by atoms with van der Waals surface area (Å²) in [6.07, 6.45) is -5.18. The zero-order valence-electron chi connectivity index (χ0n) is 14.9. The molecule has 0 aromatic heterocycles. The fraction of sp³-hybridized carbons (Fsp3) is 0.737. The minimum Gasteiger partial charge on any atom is -0.373 e. The Morgan fingerprint density at radius 2 is 1.74 bits per heavy atom. The van der Waals surface area contributed by atoms with Crippen LogP contribution in [0.1, 0.15) is 51.9 Å². The molecule has 2 saturated carbocycles. The molecule has 0 bridgehead atoms. The van der Waals surface area contributed by atoms with E-state index in [1.165, 1.54) is 6.08 Å². The van der Waals surface area contributed by atoms with E-state index in [0.717, 1.165) is 24.5 Å². The Morgan fingerprint density at radius 1 is 1.15 bits per heavy atom. The average Bonchev–Trinajstić information content (AvgIpc) is 3.19. The Hall–Kier alpha value is -1.31. The predicted octanol–water partition coefficient (Wildman–Crippen LogP) is 5.27. The van der Waals surface area contributed by atoms with Gasteiger partial charge in [-0.15, -0.1) is 0 Å². The fourth-order valence-electron chi connectivity index (χ4n) is 4.80. The van der Waals surface area contributed by atoms with Crippen LogP contribution < -0.4 is 0 Å². The lowest BCUT2D eigenvalue weighted by Gasteiger charge is -2.40. The van der Waals surface area contributed by atoms with Gasteiger partial charge in [0.1, 0.15) is 5.78 Å². The van der Waals surface area contributed by atoms with E-state index < -0.39 is 29.8 Å². The van der Waals surface area contributed by atoms with Crippen molar-refractivity contribution >= 4 is 5.78 Å². The largest absolute Gasteiger partial charge is 0.426 e. The number of rotatable bonds is 4. The molecule has 0 unspecified atom stereocenters. The second kappa shape index (κ2) is 6.09. The number of alkyl halides is 6. The summed E-state index contributed by atoms with van der Waals surface area (Å²) in [7, 11) is 0. The van der Waals surface area contributed by atoms with E-state index in [1.54, 1.807) is 0 Å². The first-order valence-electron chi connectivity index (χ1n) is 9.04. The molecule has 2 nitrogen and oxygen atoms in total. The Kier molecular flexibility index (Phi) is 4.61. The molecule has 0 radical (unpaired) electrons. The average molecular weight is 396 g/mol. The Labute approximate surface area is 153 Å². The monoisotopic (exact) mass is 396 g/mol. The van der Waals surface area contributed by atoms with E-state index >= 15 is 0 Å². The van der Waals surface area contributed by atoms with Crippen LogP contribution in [-0.2, 0) is 4.79 Å². The van der Waals surface area contributed by atoms with E-state index in [-0.39, 0.29) is 17.1 Å². The molecule has 0 amide bonds. The van der Waals surface area contributed by atoms with Gasteiger partial charge in [-0.1, -0.05) is 30.7 Å². The first-order chi connectivity index (χ1) is 12.3. The van der Waals surface area contributed by atoms with Gasteiger partial charge in [0.15, 0.2) is 0 Å². The van der Waals surface area contributed by atoms with Crippen LogP contribution in [-0.4, -0.2) is 28.8 Å². The summed E-state index contributed by atoms with van der Waals surface area (Å²) in [6, 6.07) is 0. The van der Waals surface area contributed by atoms with Gasteiger partial charge in [-0.3, -0.25) is 4.79 Å². The molecular formula is C19H22F6O2. The SMILES string of the molecule is C[C@@]12CCCC(=O)[C@@H]1CC=C2C1(/C=C/CC(O)(C(F)(F)F)C(F)(F)F)CC1. The van der Waals surface area contributed by atoms with Crippen molar-refractivity contribution in [1.29, 1.82) is 0 Å². The maximum absolute atomic E-state index is 12.8. The first-order valence-corrected chi connectivity index (χ1v) is 9.04. The molecule has 2 fully saturated rings. The van der Waals surface area contributed by atoms with Gasteiger partial charge in [-0.05, 0) is 37.5 Å². The molecule has 27 heavy (non-hydrogen) atoms. The summed E-state index contributed by atoms with van der Waals surface area (Å²) in [5.74, 6) is 0.0349. The maximum atomic E-state index is 12.8. The molecule has 152 valence electrons. The third-order valence-electron chi connectivity index (χ3n) is 6.56. The molecule has 0 saturated heterocycles. The van der Waals surface area contributed by atoms with Crippen molar-refractivity contribution in [2.45, 2.75) is 69.8 Å². The fourth-order valence-corrected chi connectivity index (χ4v) is 4.80. The molecule has 0 aliphatic heterocycles. The zero-order valence-corrected chi connectivity index (χ0v) is 14.9. The molecule has 3 rings (SSSR count). The molecule has 0 heterocycles. The summed E-state index contributed by atoms with van der Waals surface area (Å²) in [6.45, 7) is 1.98. The number of ketones is 1. The number of aliphatic hydroxyl groups is 1. The number of hydrogen-bond acceptors (Lipinski definition) is 2. The van der Waals surface area contributed by atoms with Gasteiger partial charge in [0, 0.05) is 24.2 Å². The quantitative estimate of drug-likeness (QED) is 0.519. The van der Waals surface area contributed by atoms with Crippen molar-refractivity contribution in [2.24, 2.45) is 16.7 Å². The van der Waals surface area contributed by atoms with Gasteiger partial charge in [0.2, 0.25) is 0 Å². The Balaban J connectivity index is 1.81. The molecule has 3 aliphatic carbocycles. The van der Waals surface area contributed by atoms with Crippen LogP contribution in [0.15, 0.2) is 23.8 Å². The normalized spacial score (nSPS) is 31.2. The highest BCUT2D eigenvalue weighted by Crippen LogP contribution is 2.65. The summed E-state index contributed by atoms with van der Waals surface area (Å²) >= 11 is 0. The second-order valence-electron chi connectivity index (χ2n) is 8.26. The van der Waals surface area contributed by atoms with Crippen molar-refractivity contribution in [2.75, 3.05) is 0 Å². The van der Waals surface area contributed by atoms with Crippen LogP contribution in [0.25, 0.3) is 0 Å². The number of carbonyl (C=O) groups is 1. The van der Waals surface area contributed by atoms with E-state index in [4.69, 9.17) is 0 Å². The summed E-state index contributed by atoms with van der Waals surface area (Å²) in [5.41, 5.74) is -4.75. The predicted molar refractivity (Wildman–Crippen MR) is 85.6 cm³/mol. The van der Waals surface area contributed by atoms with Crippen molar-refractivity contribution in [3.63, 3.8) is 0 Å². The van der Waals surface area contributed by atoms with Crippen LogP contribution in [0.5, 0.6) is 0 Å². The Morgan fingerprint density at radius 3 is 2.26 bits per heavy atom. The number of fused-ring (bicyclic) bond motifs is 1. The third-order valence-corrected chi connectivity index (χ3v) is 6.56.